The molecule has 0 aliphatic heterocycles. The maximum atomic E-state index is 8.89. The van der Waals surface area contributed by atoms with Crippen LogP contribution in [0.1, 0.15) is 35.1 Å². The molecule has 0 radical (unpaired) electrons. The van der Waals surface area contributed by atoms with E-state index in [1.807, 2.05) is 13.1 Å². The number of nitriles is 1. The van der Waals surface area contributed by atoms with Crippen molar-refractivity contribution in [3.63, 3.8) is 0 Å². The van der Waals surface area contributed by atoms with Gasteiger partial charge in [0.1, 0.15) is 36.3 Å². The highest BCUT2D eigenvalue weighted by molar-refractivity contribution is 5.36. The molecule has 0 bridgehead atoms. The predicted molar refractivity (Wildman–Crippen MR) is 135 cm³/mol. The molecule has 0 saturated heterocycles. The van der Waals surface area contributed by atoms with Gasteiger partial charge < -0.3 is 31.2 Å². The lowest BCUT2D eigenvalue weighted by Crippen LogP contribution is -2.37. The number of anilines is 2. The van der Waals surface area contributed by atoms with Gasteiger partial charge in [0.2, 0.25) is 0 Å². The van der Waals surface area contributed by atoms with Gasteiger partial charge in [0.15, 0.2) is 6.19 Å². The highest BCUT2D eigenvalue weighted by Crippen LogP contribution is 2.15. The molecule has 184 valence electrons. The van der Waals surface area contributed by atoms with Gasteiger partial charge in [-0.1, -0.05) is 35.1 Å². The Balaban J connectivity index is 0.000000607. The van der Waals surface area contributed by atoms with Crippen molar-refractivity contribution in [1.82, 2.24) is 20.2 Å². The minimum absolute atomic E-state index is 0. The maximum Gasteiger partial charge on any atom is 0.179 e. The van der Waals surface area contributed by atoms with E-state index in [4.69, 9.17) is 26.2 Å². The smallest absolute Gasteiger partial charge is 0.179 e. The van der Waals surface area contributed by atoms with Crippen LogP contribution in [0.25, 0.3) is 0 Å². The molecule has 2 unspecified atom stereocenters. The Bertz CT molecular complexity index is 840. The van der Waals surface area contributed by atoms with Gasteiger partial charge in [-0.2, -0.15) is 5.26 Å². The zero-order valence-electron chi connectivity index (χ0n) is 19.9. The van der Waals surface area contributed by atoms with E-state index in [1.165, 1.54) is 0 Å². The normalized spacial score (nSPS) is 12.0. The Labute approximate surface area is 199 Å². The number of nitrogens with zero attached hydrogens (tertiary/aromatic N) is 4. The molecule has 0 aromatic carbocycles. The van der Waals surface area contributed by atoms with Crippen LogP contribution in [0, 0.1) is 23.3 Å². The van der Waals surface area contributed by atoms with E-state index in [9.17, 15) is 0 Å². The summed E-state index contributed by atoms with van der Waals surface area (Å²) >= 11 is 0. The van der Waals surface area contributed by atoms with Crippen LogP contribution < -0.4 is 26.3 Å². The molecule has 2 atom stereocenters. The zero-order chi connectivity index (χ0) is 24.1. The monoisotopic (exact) mass is 459 g/mol. The fraction of sp³-hybridized carbons (Fsp3) is 0.542. The molecule has 5 N–H and O–H groups in total. The standard InChI is InChI=1S/C12H18N4O.C11H19N3O.CH4/c1-9(2)11(16(3)8-13)7-17-10-4-5-15-12(14)6-10;1-8(2)10(13-3)7-15-9-4-5-14-11(12)6-9;/h4-6,9,11H,7H2,1-3H3,(H2,14,15);4-6,8,10,13H,7H2,1-3H3,(H2,12,14);1H4. The largest absolute Gasteiger partial charge is 0.492 e. The number of hydrogen-bond acceptors (Lipinski definition) is 9. The Hall–Kier alpha value is -3.25. The van der Waals surface area contributed by atoms with Gasteiger partial charge in [-0.05, 0) is 31.0 Å². The van der Waals surface area contributed by atoms with Crippen molar-refractivity contribution in [2.75, 3.05) is 38.8 Å². The number of nitrogens with one attached hydrogen (secondary N) is 1. The molecule has 0 saturated carbocycles. The number of aromatic nitrogens is 2. The van der Waals surface area contributed by atoms with Gasteiger partial charge in [-0.25, -0.2) is 9.97 Å². The highest BCUT2D eigenvalue weighted by Gasteiger charge is 2.18. The van der Waals surface area contributed by atoms with Gasteiger partial charge in [0.25, 0.3) is 0 Å². The Morgan fingerprint density at radius 2 is 1.45 bits per heavy atom. The fourth-order valence-electron chi connectivity index (χ4n) is 2.84. The summed E-state index contributed by atoms with van der Waals surface area (Å²) in [6.07, 6.45) is 5.36. The van der Waals surface area contributed by atoms with Crippen molar-refractivity contribution < 1.29 is 9.47 Å². The van der Waals surface area contributed by atoms with Crippen LogP contribution in [0.3, 0.4) is 0 Å². The first-order chi connectivity index (χ1) is 15.2. The molecule has 2 heterocycles. The molecule has 2 aromatic heterocycles. The van der Waals surface area contributed by atoms with Gasteiger partial charge in [0.05, 0.1) is 6.04 Å². The maximum absolute atomic E-state index is 8.89. The molecule has 9 heteroatoms. The lowest BCUT2D eigenvalue weighted by molar-refractivity contribution is 0.168. The molecule has 9 nitrogen and oxygen atoms in total. The van der Waals surface area contributed by atoms with Crippen LogP contribution in [0.2, 0.25) is 0 Å². The van der Waals surface area contributed by atoms with Gasteiger partial charge in [0, 0.05) is 37.6 Å². The van der Waals surface area contributed by atoms with E-state index in [-0.39, 0.29) is 13.5 Å². The van der Waals surface area contributed by atoms with Gasteiger partial charge in [-0.3, -0.25) is 0 Å². The third-order valence-electron chi connectivity index (χ3n) is 4.96. The molecular formula is C24H41N7O2. The van der Waals surface area contributed by atoms with Crippen molar-refractivity contribution in [2.24, 2.45) is 11.8 Å². The molecule has 33 heavy (non-hydrogen) atoms. The van der Waals surface area contributed by atoms with Crippen molar-refractivity contribution >= 4 is 11.6 Å². The van der Waals surface area contributed by atoms with E-state index in [0.29, 0.717) is 48.5 Å². The molecule has 2 aromatic rings. The molecule has 0 aliphatic carbocycles. The molecule has 2 rings (SSSR count). The first-order valence-electron chi connectivity index (χ1n) is 10.7. The summed E-state index contributed by atoms with van der Waals surface area (Å²) in [6, 6.07) is 7.36. The molecule has 0 spiro atoms. The number of rotatable bonds is 10. The molecule has 0 amide bonds. The molecular weight excluding hydrogens is 418 g/mol. The number of hydrogen-bond donors (Lipinski definition) is 3. The van der Waals surface area contributed by atoms with E-state index >= 15 is 0 Å². The summed E-state index contributed by atoms with van der Waals surface area (Å²) in [6.45, 7) is 9.52. The van der Waals surface area contributed by atoms with Crippen molar-refractivity contribution in [3.05, 3.63) is 36.7 Å². The van der Waals surface area contributed by atoms with Crippen LogP contribution in [0.4, 0.5) is 11.6 Å². The SMILES string of the molecule is C.CC(C)C(COc1ccnc(N)c1)N(C)C#N.CNC(COc1ccnc(N)c1)C(C)C. The van der Waals surface area contributed by atoms with Crippen molar-refractivity contribution in [2.45, 2.75) is 47.2 Å². The Morgan fingerprint density at radius 3 is 1.82 bits per heavy atom. The van der Waals surface area contributed by atoms with E-state index in [1.54, 1.807) is 42.5 Å². The molecule has 0 aliphatic rings. The lowest BCUT2D eigenvalue weighted by Gasteiger charge is -2.26. The number of pyridine rings is 2. The van der Waals surface area contributed by atoms with Gasteiger partial charge >= 0.3 is 0 Å². The number of ether oxygens (including phenoxy) is 2. The highest BCUT2D eigenvalue weighted by atomic mass is 16.5. The van der Waals surface area contributed by atoms with Crippen LogP contribution in [0.15, 0.2) is 36.7 Å². The van der Waals surface area contributed by atoms with Crippen LogP contribution >= 0.6 is 0 Å². The van der Waals surface area contributed by atoms with E-state index < -0.39 is 0 Å². The quantitative estimate of drug-likeness (QED) is 0.361. The summed E-state index contributed by atoms with van der Waals surface area (Å²) in [5.74, 6) is 3.22. The predicted octanol–water partition coefficient (Wildman–Crippen LogP) is 3.40. The van der Waals surface area contributed by atoms with Crippen LogP contribution in [0.5, 0.6) is 11.5 Å². The second-order valence-electron chi connectivity index (χ2n) is 8.12. The number of nitrogen functional groups attached to an aromatic ring is 2. The third-order valence-corrected chi connectivity index (χ3v) is 4.96. The second kappa shape index (κ2) is 15.5. The van der Waals surface area contributed by atoms with Crippen LogP contribution in [-0.2, 0) is 0 Å². The summed E-state index contributed by atoms with van der Waals surface area (Å²) in [4.78, 5) is 9.40. The summed E-state index contributed by atoms with van der Waals surface area (Å²) in [7, 11) is 3.70. The van der Waals surface area contributed by atoms with E-state index in [0.717, 1.165) is 5.75 Å². The minimum atomic E-state index is 0. The van der Waals surface area contributed by atoms with E-state index in [2.05, 4.69) is 49.2 Å². The minimum Gasteiger partial charge on any atom is -0.492 e. The first kappa shape index (κ1) is 29.8. The van der Waals surface area contributed by atoms with Crippen molar-refractivity contribution in [3.8, 4) is 17.7 Å². The molecule has 0 fully saturated rings. The summed E-state index contributed by atoms with van der Waals surface area (Å²) < 4.78 is 11.2. The summed E-state index contributed by atoms with van der Waals surface area (Å²) in [5.41, 5.74) is 11.1. The zero-order valence-corrected chi connectivity index (χ0v) is 19.9. The Kier molecular flexibility index (Phi) is 14.0. The second-order valence-corrected chi connectivity index (χ2v) is 8.12. The first-order valence-corrected chi connectivity index (χ1v) is 10.7. The Morgan fingerprint density at radius 1 is 0.970 bits per heavy atom. The van der Waals surface area contributed by atoms with Crippen LogP contribution in [-0.4, -0.2) is 54.3 Å². The van der Waals surface area contributed by atoms with Gasteiger partial charge in [-0.15, -0.1) is 0 Å². The third kappa shape index (κ3) is 11.3. The number of likely N-dealkylation sites (N-methyl/N-ethyl adjacent to an activating group) is 2. The fourth-order valence-corrected chi connectivity index (χ4v) is 2.84. The van der Waals surface area contributed by atoms with Crippen molar-refractivity contribution in [1.29, 1.82) is 5.26 Å². The number of nitrogens with two attached hydrogens (primary N) is 2. The average Bonchev–Trinajstić information content (AvgIpc) is 2.74. The summed E-state index contributed by atoms with van der Waals surface area (Å²) in [5, 5.41) is 12.1. The average molecular weight is 460 g/mol. The topological polar surface area (TPSA) is 135 Å². The lowest BCUT2D eigenvalue weighted by atomic mass is 10.0.